The van der Waals surface area contributed by atoms with Gasteiger partial charge in [-0.1, -0.05) is 66.8 Å². The second kappa shape index (κ2) is 12.9. The molecule has 0 aromatic heterocycles. The number of aliphatic hydroxyl groups is 2. The lowest BCUT2D eigenvalue weighted by Crippen LogP contribution is -2.45. The molecular formula is C29H31F3N2O4S. The van der Waals surface area contributed by atoms with E-state index in [4.69, 9.17) is 0 Å². The van der Waals surface area contributed by atoms with Crippen LogP contribution >= 0.6 is 0 Å². The van der Waals surface area contributed by atoms with Crippen molar-refractivity contribution in [1.82, 2.24) is 10.0 Å². The molecule has 5 unspecified atom stereocenters. The molecule has 3 aliphatic rings. The van der Waals surface area contributed by atoms with Crippen molar-refractivity contribution in [2.24, 2.45) is 5.92 Å². The Hall–Kier alpha value is -3.05. The normalized spacial score (nSPS) is 24.0. The number of halogens is 3. The second-order valence-electron chi connectivity index (χ2n) is 9.64. The summed E-state index contributed by atoms with van der Waals surface area (Å²) >= 11 is 0. The minimum atomic E-state index is -4.67. The summed E-state index contributed by atoms with van der Waals surface area (Å²) in [5, 5.41) is 24.3. The first-order chi connectivity index (χ1) is 18.6. The fraction of sp³-hybridized carbons (Fsp3) is 0.345. The minimum absolute atomic E-state index is 0.0630. The lowest BCUT2D eigenvalue weighted by atomic mass is 9.94. The number of carbonyl (C=O) groups is 1. The number of nitrogens with one attached hydrogen (secondary N) is 2. The average molecular weight is 561 g/mol. The van der Waals surface area contributed by atoms with E-state index in [0.29, 0.717) is 19.3 Å². The van der Waals surface area contributed by atoms with Crippen LogP contribution in [0.5, 0.6) is 0 Å². The summed E-state index contributed by atoms with van der Waals surface area (Å²) in [6, 6.07) is 3.98. The number of allylic oxidation sites excluding steroid dienone is 9. The van der Waals surface area contributed by atoms with E-state index in [1.165, 1.54) is 12.1 Å². The lowest BCUT2D eigenvalue weighted by molar-refractivity contribution is -0.139. The molecule has 1 amide bonds. The number of rotatable bonds is 9. The third-order valence-corrected chi connectivity index (χ3v) is 8.00. The third kappa shape index (κ3) is 7.54. The summed E-state index contributed by atoms with van der Waals surface area (Å²) in [7, 11) is -2.23. The van der Waals surface area contributed by atoms with Crippen molar-refractivity contribution >= 4 is 16.9 Å². The highest BCUT2D eigenvalue weighted by Gasteiger charge is 2.36. The predicted octanol–water partition coefficient (Wildman–Crippen LogP) is 4.19. The monoisotopic (exact) mass is 560 g/mol. The molecule has 3 aliphatic carbocycles. The molecule has 1 aromatic carbocycles. The molecule has 0 heterocycles. The van der Waals surface area contributed by atoms with Gasteiger partial charge in [0, 0.05) is 13.0 Å². The molecule has 0 saturated carbocycles. The van der Waals surface area contributed by atoms with Gasteiger partial charge in [0.15, 0.2) is 0 Å². The molecule has 0 bridgehead atoms. The maximum Gasteiger partial charge on any atom is 0.417 e. The Morgan fingerprint density at radius 2 is 1.82 bits per heavy atom. The van der Waals surface area contributed by atoms with Gasteiger partial charge in [0.05, 0.1) is 34.6 Å². The molecule has 0 aliphatic heterocycles. The van der Waals surface area contributed by atoms with Gasteiger partial charge in [0.1, 0.15) is 11.0 Å². The van der Waals surface area contributed by atoms with E-state index in [2.05, 4.69) is 10.0 Å². The van der Waals surface area contributed by atoms with Crippen LogP contribution in [0.3, 0.4) is 0 Å². The van der Waals surface area contributed by atoms with Gasteiger partial charge in [-0.15, -0.1) is 0 Å². The quantitative estimate of drug-likeness (QED) is 0.364. The molecule has 4 N–H and O–H groups in total. The van der Waals surface area contributed by atoms with Crippen molar-refractivity contribution in [3.05, 3.63) is 101 Å². The Kier molecular flexibility index (Phi) is 9.55. The highest BCUT2D eigenvalue weighted by Crippen LogP contribution is 2.34. The highest BCUT2D eigenvalue weighted by atomic mass is 32.2. The smallest absolute Gasteiger partial charge is 0.392 e. The van der Waals surface area contributed by atoms with Crippen molar-refractivity contribution in [2.75, 3.05) is 6.54 Å². The number of benzene rings is 1. The molecule has 0 radical (unpaired) electrons. The van der Waals surface area contributed by atoms with Gasteiger partial charge in [-0.05, 0) is 48.1 Å². The van der Waals surface area contributed by atoms with Gasteiger partial charge in [-0.2, -0.15) is 13.2 Å². The number of amides is 1. The third-order valence-electron chi connectivity index (χ3n) is 6.81. The molecule has 5 atom stereocenters. The summed E-state index contributed by atoms with van der Waals surface area (Å²) in [5.74, 6) is -1.18. The molecule has 0 fully saturated rings. The zero-order chi connectivity index (χ0) is 28.0. The van der Waals surface area contributed by atoms with E-state index in [1.54, 1.807) is 6.08 Å². The Morgan fingerprint density at radius 1 is 1.10 bits per heavy atom. The van der Waals surface area contributed by atoms with Gasteiger partial charge in [0.2, 0.25) is 5.91 Å². The molecular weight excluding hydrogens is 529 g/mol. The standard InChI is InChI=1S/C29H31F3N2O4S/c30-29(31,32)24-13-7-8-14-26(24)39(38)33-18-22(35)16-21(15-19-9-3-1-4-10-19)28(37)34-27-23-12-6-2-5-11-20(23)17-25(27)36/h1-9,11,13-15,21-22,25,27,33,35-36H,10,12,16-18H2,(H,34,37). The van der Waals surface area contributed by atoms with Gasteiger partial charge < -0.3 is 15.5 Å². The molecule has 208 valence electrons. The average Bonchev–Trinajstić information content (AvgIpc) is 3.05. The maximum atomic E-state index is 13.4. The zero-order valence-corrected chi connectivity index (χ0v) is 21.9. The maximum absolute atomic E-state index is 13.4. The number of carbonyl (C=O) groups excluding carboxylic acids is 1. The van der Waals surface area contributed by atoms with Crippen molar-refractivity contribution in [2.45, 2.75) is 55.0 Å². The number of aliphatic hydroxyl groups excluding tert-OH is 2. The van der Waals surface area contributed by atoms with E-state index in [9.17, 15) is 32.4 Å². The first-order valence-electron chi connectivity index (χ1n) is 12.7. The summed E-state index contributed by atoms with van der Waals surface area (Å²) in [6.45, 7) is -0.293. The van der Waals surface area contributed by atoms with Crippen molar-refractivity contribution in [3.63, 3.8) is 0 Å². The van der Waals surface area contributed by atoms with Crippen molar-refractivity contribution in [3.8, 4) is 0 Å². The number of alkyl halides is 3. The minimum Gasteiger partial charge on any atom is -0.392 e. The molecule has 0 spiro atoms. The van der Waals surface area contributed by atoms with E-state index < -0.39 is 51.8 Å². The Balaban J connectivity index is 1.45. The summed E-state index contributed by atoms with van der Waals surface area (Å²) in [5.41, 5.74) is 1.77. The van der Waals surface area contributed by atoms with Crippen LogP contribution in [-0.2, 0) is 22.0 Å². The van der Waals surface area contributed by atoms with Crippen LogP contribution in [-0.4, -0.2) is 45.1 Å². The van der Waals surface area contributed by atoms with Crippen LogP contribution < -0.4 is 10.0 Å². The van der Waals surface area contributed by atoms with Gasteiger partial charge in [-0.3, -0.25) is 4.79 Å². The van der Waals surface area contributed by atoms with E-state index in [-0.39, 0.29) is 18.9 Å². The Bertz CT molecular complexity index is 1280. The highest BCUT2D eigenvalue weighted by molar-refractivity contribution is 7.83. The first-order valence-corrected chi connectivity index (χ1v) is 13.9. The van der Waals surface area contributed by atoms with Crippen molar-refractivity contribution in [1.29, 1.82) is 0 Å². The molecule has 10 heteroatoms. The van der Waals surface area contributed by atoms with Gasteiger partial charge in [0.25, 0.3) is 0 Å². The number of hydrogen-bond acceptors (Lipinski definition) is 4. The topological polar surface area (TPSA) is 98.7 Å². The van der Waals surface area contributed by atoms with Crippen LogP contribution in [0, 0.1) is 5.92 Å². The SMILES string of the molecule is O=C(NC1C2=C(C=CC=CC2)CC1O)C(C=C1C=CC=CC1)CC(O)CNS(=O)c1ccccc1C(F)(F)F. The van der Waals surface area contributed by atoms with Gasteiger partial charge >= 0.3 is 6.18 Å². The lowest BCUT2D eigenvalue weighted by Gasteiger charge is -2.24. The van der Waals surface area contributed by atoms with Crippen LogP contribution in [0.4, 0.5) is 13.2 Å². The Morgan fingerprint density at radius 3 is 2.54 bits per heavy atom. The summed E-state index contributed by atoms with van der Waals surface area (Å²) < 4.78 is 55.0. The molecule has 1 aromatic rings. The molecule has 4 rings (SSSR count). The van der Waals surface area contributed by atoms with E-state index in [1.807, 2.05) is 48.6 Å². The van der Waals surface area contributed by atoms with Crippen LogP contribution in [0.25, 0.3) is 0 Å². The van der Waals surface area contributed by atoms with Crippen LogP contribution in [0.15, 0.2) is 101 Å². The van der Waals surface area contributed by atoms with Crippen molar-refractivity contribution < 1.29 is 32.4 Å². The fourth-order valence-corrected chi connectivity index (χ4v) is 5.96. The largest absolute Gasteiger partial charge is 0.417 e. The first kappa shape index (κ1) is 28.9. The van der Waals surface area contributed by atoms with E-state index >= 15 is 0 Å². The van der Waals surface area contributed by atoms with Crippen LogP contribution in [0.1, 0.15) is 31.2 Å². The fourth-order valence-electron chi connectivity index (χ4n) is 4.88. The molecule has 6 nitrogen and oxygen atoms in total. The zero-order valence-electron chi connectivity index (χ0n) is 21.1. The number of hydrogen-bond donors (Lipinski definition) is 4. The van der Waals surface area contributed by atoms with Crippen LogP contribution in [0.2, 0.25) is 0 Å². The molecule has 0 saturated heterocycles. The summed E-state index contributed by atoms with van der Waals surface area (Å²) in [4.78, 5) is 13.0. The second-order valence-corrected chi connectivity index (χ2v) is 10.9. The van der Waals surface area contributed by atoms with E-state index in [0.717, 1.165) is 28.9 Å². The predicted molar refractivity (Wildman–Crippen MR) is 143 cm³/mol. The summed E-state index contributed by atoms with van der Waals surface area (Å²) in [6.07, 6.45) is 11.9. The Labute approximate surface area is 228 Å². The molecule has 39 heavy (non-hydrogen) atoms. The van der Waals surface area contributed by atoms with Gasteiger partial charge in [-0.25, -0.2) is 8.93 Å².